The first-order valence-electron chi connectivity index (χ1n) is 10.4. The number of carbonyl (C=O) groups excluding carboxylic acids is 2. The molecule has 1 fully saturated rings. The molecular weight excluding hydrogens is 380 g/mol. The molecule has 3 rings (SSSR count). The van der Waals surface area contributed by atoms with Gasteiger partial charge in [0.15, 0.2) is 11.5 Å². The molecule has 1 saturated heterocycles. The van der Waals surface area contributed by atoms with E-state index < -0.39 is 0 Å². The summed E-state index contributed by atoms with van der Waals surface area (Å²) in [7, 11) is 3.12. The summed E-state index contributed by atoms with van der Waals surface area (Å²) in [5.41, 5.74) is 2.97. The maximum atomic E-state index is 12.8. The standard InChI is InChI=1S/C24H30N2O4/c1-17-5-4-6-18(15-17)7-10-23(27)25-20-11-13-26(14-12-20)24(28)19-8-9-21(29-2)22(16-19)30-3/h4-6,8-9,15-16,20H,7,10-14H2,1-3H3,(H,25,27). The molecule has 1 aliphatic heterocycles. The first-order chi connectivity index (χ1) is 14.5. The Hall–Kier alpha value is -3.02. The molecule has 6 heteroatoms. The van der Waals surface area contributed by atoms with Gasteiger partial charge in [0.1, 0.15) is 0 Å². The maximum Gasteiger partial charge on any atom is 0.253 e. The number of piperidine rings is 1. The molecule has 1 heterocycles. The van der Waals surface area contributed by atoms with Crippen molar-refractivity contribution in [3.8, 4) is 11.5 Å². The van der Waals surface area contributed by atoms with E-state index in [4.69, 9.17) is 9.47 Å². The molecule has 1 aliphatic rings. The van der Waals surface area contributed by atoms with E-state index in [0.29, 0.717) is 36.6 Å². The van der Waals surface area contributed by atoms with Crippen molar-refractivity contribution in [3.63, 3.8) is 0 Å². The number of amides is 2. The van der Waals surface area contributed by atoms with Gasteiger partial charge in [-0.1, -0.05) is 29.8 Å². The first-order valence-corrected chi connectivity index (χ1v) is 10.4. The van der Waals surface area contributed by atoms with Crippen LogP contribution in [0.3, 0.4) is 0 Å². The first kappa shape index (κ1) is 21.7. The summed E-state index contributed by atoms with van der Waals surface area (Å²) in [6.07, 6.45) is 2.74. The Morgan fingerprint density at radius 3 is 2.43 bits per heavy atom. The van der Waals surface area contributed by atoms with Gasteiger partial charge in [-0.05, 0) is 49.9 Å². The average molecular weight is 411 g/mol. The van der Waals surface area contributed by atoms with Gasteiger partial charge in [0.05, 0.1) is 14.2 Å². The number of nitrogens with one attached hydrogen (secondary N) is 1. The topological polar surface area (TPSA) is 67.9 Å². The molecule has 0 aromatic heterocycles. The highest BCUT2D eigenvalue weighted by molar-refractivity contribution is 5.95. The Morgan fingerprint density at radius 2 is 1.77 bits per heavy atom. The number of aryl methyl sites for hydroxylation is 2. The van der Waals surface area contributed by atoms with E-state index in [0.717, 1.165) is 19.3 Å². The molecule has 0 saturated carbocycles. The molecule has 2 aromatic rings. The van der Waals surface area contributed by atoms with Crippen LogP contribution >= 0.6 is 0 Å². The molecule has 0 radical (unpaired) electrons. The van der Waals surface area contributed by atoms with Crippen molar-refractivity contribution in [1.82, 2.24) is 10.2 Å². The van der Waals surface area contributed by atoms with E-state index >= 15 is 0 Å². The highest BCUT2D eigenvalue weighted by atomic mass is 16.5. The van der Waals surface area contributed by atoms with Gasteiger partial charge in [-0.2, -0.15) is 0 Å². The molecule has 2 aromatic carbocycles. The molecule has 0 unspecified atom stereocenters. The largest absolute Gasteiger partial charge is 0.493 e. The second kappa shape index (κ2) is 10.1. The van der Waals surface area contributed by atoms with Crippen molar-refractivity contribution in [1.29, 1.82) is 0 Å². The molecule has 160 valence electrons. The minimum Gasteiger partial charge on any atom is -0.493 e. The summed E-state index contributed by atoms with van der Waals surface area (Å²) >= 11 is 0. The number of nitrogens with zero attached hydrogens (tertiary/aromatic N) is 1. The number of hydrogen-bond donors (Lipinski definition) is 1. The number of carbonyl (C=O) groups is 2. The predicted molar refractivity (Wildman–Crippen MR) is 116 cm³/mol. The zero-order valence-corrected chi connectivity index (χ0v) is 17.9. The average Bonchev–Trinajstić information content (AvgIpc) is 2.77. The van der Waals surface area contributed by atoms with Crippen LogP contribution in [-0.2, 0) is 11.2 Å². The van der Waals surface area contributed by atoms with E-state index in [-0.39, 0.29) is 17.9 Å². The quantitative estimate of drug-likeness (QED) is 0.760. The van der Waals surface area contributed by atoms with E-state index in [1.54, 1.807) is 32.4 Å². The van der Waals surface area contributed by atoms with E-state index in [1.807, 2.05) is 11.0 Å². The van der Waals surface area contributed by atoms with Crippen LogP contribution in [-0.4, -0.2) is 50.1 Å². The van der Waals surface area contributed by atoms with Crippen LogP contribution in [0.1, 0.15) is 40.7 Å². The number of rotatable bonds is 7. The molecule has 30 heavy (non-hydrogen) atoms. The molecule has 6 nitrogen and oxygen atoms in total. The number of ether oxygens (including phenoxy) is 2. The summed E-state index contributed by atoms with van der Waals surface area (Å²) in [4.78, 5) is 27.0. The molecule has 0 atom stereocenters. The lowest BCUT2D eigenvalue weighted by atomic mass is 10.0. The highest BCUT2D eigenvalue weighted by Crippen LogP contribution is 2.28. The predicted octanol–water partition coefficient (Wildman–Crippen LogP) is 3.37. The van der Waals surface area contributed by atoms with E-state index in [1.165, 1.54) is 11.1 Å². The molecule has 2 amide bonds. The van der Waals surface area contributed by atoms with Crippen molar-refractivity contribution in [2.45, 2.75) is 38.6 Å². The van der Waals surface area contributed by atoms with Gasteiger partial charge in [0.25, 0.3) is 5.91 Å². The number of methoxy groups -OCH3 is 2. The second-order valence-electron chi connectivity index (χ2n) is 7.69. The second-order valence-corrected chi connectivity index (χ2v) is 7.69. The molecule has 1 N–H and O–H groups in total. The summed E-state index contributed by atoms with van der Waals surface area (Å²) in [5.74, 6) is 1.18. The normalized spacial score (nSPS) is 14.3. The lowest BCUT2D eigenvalue weighted by molar-refractivity contribution is -0.122. The van der Waals surface area contributed by atoms with Crippen molar-refractivity contribution in [3.05, 3.63) is 59.2 Å². The number of hydrogen-bond acceptors (Lipinski definition) is 4. The SMILES string of the molecule is COc1ccc(C(=O)N2CCC(NC(=O)CCc3cccc(C)c3)CC2)cc1OC. The third-order valence-electron chi connectivity index (χ3n) is 5.50. The Labute approximate surface area is 178 Å². The Balaban J connectivity index is 1.47. The molecule has 0 bridgehead atoms. The van der Waals surface area contributed by atoms with Crippen molar-refractivity contribution < 1.29 is 19.1 Å². The summed E-state index contributed by atoms with van der Waals surface area (Å²) < 4.78 is 10.5. The molecule has 0 aliphatic carbocycles. The van der Waals surface area contributed by atoms with Crippen LogP contribution in [0.5, 0.6) is 11.5 Å². The minimum atomic E-state index is -0.0276. The van der Waals surface area contributed by atoms with Crippen LogP contribution in [0.2, 0.25) is 0 Å². The summed E-state index contributed by atoms with van der Waals surface area (Å²) in [6.45, 7) is 3.30. The van der Waals surface area contributed by atoms with Crippen LogP contribution in [0.4, 0.5) is 0 Å². The van der Waals surface area contributed by atoms with Gasteiger partial charge in [-0.15, -0.1) is 0 Å². The summed E-state index contributed by atoms with van der Waals surface area (Å²) in [5, 5.41) is 3.12. The van der Waals surface area contributed by atoms with Crippen molar-refractivity contribution in [2.75, 3.05) is 27.3 Å². The fraction of sp³-hybridized carbons (Fsp3) is 0.417. The zero-order valence-electron chi connectivity index (χ0n) is 17.9. The fourth-order valence-electron chi connectivity index (χ4n) is 3.80. The van der Waals surface area contributed by atoms with Gasteiger partial charge in [0, 0.05) is 31.1 Å². The van der Waals surface area contributed by atoms with Gasteiger partial charge >= 0.3 is 0 Å². The van der Waals surface area contributed by atoms with Crippen LogP contribution in [0.15, 0.2) is 42.5 Å². The highest BCUT2D eigenvalue weighted by Gasteiger charge is 2.25. The minimum absolute atomic E-state index is 0.0276. The maximum absolute atomic E-state index is 12.8. The zero-order chi connectivity index (χ0) is 21.5. The van der Waals surface area contributed by atoms with Crippen molar-refractivity contribution in [2.24, 2.45) is 0 Å². The Kier molecular flexibility index (Phi) is 7.33. The van der Waals surface area contributed by atoms with Crippen LogP contribution in [0.25, 0.3) is 0 Å². The summed E-state index contributed by atoms with van der Waals surface area (Å²) in [6, 6.07) is 13.6. The van der Waals surface area contributed by atoms with Gasteiger partial charge in [-0.25, -0.2) is 0 Å². The Morgan fingerprint density at radius 1 is 1.03 bits per heavy atom. The van der Waals surface area contributed by atoms with E-state index in [9.17, 15) is 9.59 Å². The fourth-order valence-corrected chi connectivity index (χ4v) is 3.80. The monoisotopic (exact) mass is 410 g/mol. The molecule has 0 spiro atoms. The van der Waals surface area contributed by atoms with Crippen LogP contribution < -0.4 is 14.8 Å². The van der Waals surface area contributed by atoms with Gasteiger partial charge < -0.3 is 19.7 Å². The Bertz CT molecular complexity index is 889. The van der Waals surface area contributed by atoms with Crippen LogP contribution in [0, 0.1) is 6.92 Å². The smallest absolute Gasteiger partial charge is 0.253 e. The van der Waals surface area contributed by atoms with Gasteiger partial charge in [0.2, 0.25) is 5.91 Å². The van der Waals surface area contributed by atoms with E-state index in [2.05, 4.69) is 30.4 Å². The van der Waals surface area contributed by atoms with Gasteiger partial charge in [-0.3, -0.25) is 9.59 Å². The molecular formula is C24H30N2O4. The number of benzene rings is 2. The van der Waals surface area contributed by atoms with Crippen molar-refractivity contribution >= 4 is 11.8 Å². The third-order valence-corrected chi connectivity index (χ3v) is 5.50. The lowest BCUT2D eigenvalue weighted by Gasteiger charge is -2.32. The third kappa shape index (κ3) is 5.53. The number of likely N-dealkylation sites (tertiary alicyclic amines) is 1. The lowest BCUT2D eigenvalue weighted by Crippen LogP contribution is -2.46.